The Morgan fingerprint density at radius 2 is 1.77 bits per heavy atom. The van der Waals surface area contributed by atoms with Gasteiger partial charge in [-0.3, -0.25) is 9.97 Å². The quantitative estimate of drug-likeness (QED) is 0.489. The molecule has 4 aromatic rings. The van der Waals surface area contributed by atoms with Crippen LogP contribution in [0.5, 0.6) is 5.75 Å². The summed E-state index contributed by atoms with van der Waals surface area (Å²) in [6.07, 6.45) is 5.60. The first kappa shape index (κ1) is 15.9. The molecule has 7 heteroatoms. The minimum absolute atomic E-state index is 0.187. The number of benzene rings is 1. The summed E-state index contributed by atoms with van der Waals surface area (Å²) in [6.45, 7) is 0. The molecule has 1 aromatic carbocycles. The molecule has 3 N–H and O–H groups in total. The lowest BCUT2D eigenvalue weighted by Gasteiger charge is -2.14. The van der Waals surface area contributed by atoms with Gasteiger partial charge < -0.3 is 15.5 Å². The van der Waals surface area contributed by atoms with Gasteiger partial charge in [-0.1, -0.05) is 6.07 Å². The molecule has 0 aliphatic rings. The van der Waals surface area contributed by atoms with Crippen molar-refractivity contribution in [2.24, 2.45) is 0 Å². The summed E-state index contributed by atoms with van der Waals surface area (Å²) in [4.78, 5) is 17.2. The molecule has 0 bridgehead atoms. The normalized spacial score (nSPS) is 12.0. The number of nitrogens with one attached hydrogen (secondary N) is 1. The lowest BCUT2D eigenvalue weighted by Crippen LogP contribution is -2.10. The van der Waals surface area contributed by atoms with Gasteiger partial charge in [0.1, 0.15) is 11.3 Å². The number of hydrogen-bond donors (Lipinski definition) is 3. The van der Waals surface area contributed by atoms with Gasteiger partial charge in [-0.15, -0.1) is 0 Å². The van der Waals surface area contributed by atoms with Gasteiger partial charge in [0, 0.05) is 23.5 Å². The summed E-state index contributed by atoms with van der Waals surface area (Å²) in [5.41, 5.74) is 3.36. The minimum Gasteiger partial charge on any atom is -0.508 e. The van der Waals surface area contributed by atoms with E-state index < -0.39 is 6.23 Å². The van der Waals surface area contributed by atoms with E-state index in [0.717, 1.165) is 5.56 Å². The summed E-state index contributed by atoms with van der Waals surface area (Å²) >= 11 is 0. The number of aliphatic hydroxyl groups excluding tert-OH is 1. The molecule has 0 spiro atoms. The molecule has 1 unspecified atom stereocenters. The van der Waals surface area contributed by atoms with Crippen LogP contribution in [0.1, 0.15) is 11.8 Å². The molecule has 7 nitrogen and oxygen atoms in total. The SMILES string of the molecule is Oc1ccc(-c2ncc3ncc(NC(O)c4cccnc4)cc3n2)cc1. The largest absolute Gasteiger partial charge is 0.508 e. The zero-order valence-corrected chi connectivity index (χ0v) is 13.6. The van der Waals surface area contributed by atoms with Crippen molar-refractivity contribution in [1.82, 2.24) is 19.9 Å². The number of aliphatic hydroxyl groups is 1. The van der Waals surface area contributed by atoms with E-state index in [9.17, 15) is 10.2 Å². The van der Waals surface area contributed by atoms with E-state index in [1.165, 1.54) is 0 Å². The highest BCUT2D eigenvalue weighted by Gasteiger charge is 2.09. The van der Waals surface area contributed by atoms with Crippen molar-refractivity contribution in [3.63, 3.8) is 0 Å². The van der Waals surface area contributed by atoms with Crippen molar-refractivity contribution in [2.75, 3.05) is 5.32 Å². The third-order valence-corrected chi connectivity index (χ3v) is 3.86. The van der Waals surface area contributed by atoms with E-state index in [1.54, 1.807) is 67.3 Å². The Balaban J connectivity index is 1.64. The van der Waals surface area contributed by atoms with E-state index in [4.69, 9.17) is 0 Å². The zero-order valence-electron chi connectivity index (χ0n) is 13.6. The lowest BCUT2D eigenvalue weighted by molar-refractivity contribution is 0.208. The van der Waals surface area contributed by atoms with Crippen molar-refractivity contribution in [3.05, 3.63) is 72.8 Å². The third kappa shape index (κ3) is 3.28. The predicted molar refractivity (Wildman–Crippen MR) is 97.3 cm³/mol. The molecular formula is C19H15N5O2. The van der Waals surface area contributed by atoms with Gasteiger partial charge in [-0.05, 0) is 36.4 Å². The second-order valence-corrected chi connectivity index (χ2v) is 5.70. The number of rotatable bonds is 4. The van der Waals surface area contributed by atoms with E-state index in [-0.39, 0.29) is 5.75 Å². The molecule has 26 heavy (non-hydrogen) atoms. The van der Waals surface area contributed by atoms with Gasteiger partial charge in [-0.25, -0.2) is 9.97 Å². The fraction of sp³-hybridized carbons (Fsp3) is 0.0526. The monoisotopic (exact) mass is 345 g/mol. The molecular weight excluding hydrogens is 330 g/mol. The zero-order chi connectivity index (χ0) is 17.9. The molecule has 0 aliphatic carbocycles. The van der Waals surface area contributed by atoms with Crippen molar-refractivity contribution in [1.29, 1.82) is 0 Å². The maximum atomic E-state index is 10.3. The van der Waals surface area contributed by atoms with Crippen molar-refractivity contribution < 1.29 is 10.2 Å². The first-order chi connectivity index (χ1) is 12.7. The number of aromatic hydroxyl groups is 1. The maximum Gasteiger partial charge on any atom is 0.159 e. The van der Waals surface area contributed by atoms with E-state index >= 15 is 0 Å². The number of nitrogens with zero attached hydrogens (tertiary/aromatic N) is 4. The Kier molecular flexibility index (Phi) is 4.12. The molecule has 128 valence electrons. The molecule has 1 atom stereocenters. The fourth-order valence-corrected chi connectivity index (χ4v) is 2.53. The van der Waals surface area contributed by atoms with Gasteiger partial charge in [0.2, 0.25) is 0 Å². The fourth-order valence-electron chi connectivity index (χ4n) is 2.53. The number of anilines is 1. The van der Waals surface area contributed by atoms with Crippen LogP contribution in [0, 0.1) is 0 Å². The van der Waals surface area contributed by atoms with E-state index in [2.05, 4.69) is 25.3 Å². The highest BCUT2D eigenvalue weighted by Crippen LogP contribution is 2.23. The van der Waals surface area contributed by atoms with Crippen LogP contribution in [0.2, 0.25) is 0 Å². The molecule has 0 amide bonds. The second-order valence-electron chi connectivity index (χ2n) is 5.70. The van der Waals surface area contributed by atoms with Crippen molar-refractivity contribution >= 4 is 16.7 Å². The summed E-state index contributed by atoms with van der Waals surface area (Å²) in [6, 6.07) is 12.0. The summed E-state index contributed by atoms with van der Waals surface area (Å²) in [5.74, 6) is 0.719. The first-order valence-corrected chi connectivity index (χ1v) is 7.96. The average Bonchev–Trinajstić information content (AvgIpc) is 2.68. The van der Waals surface area contributed by atoms with Crippen LogP contribution in [0.3, 0.4) is 0 Å². The van der Waals surface area contributed by atoms with Crippen LogP contribution in [0.25, 0.3) is 22.4 Å². The number of phenols is 1. The summed E-state index contributed by atoms with van der Waals surface area (Å²) in [7, 11) is 0. The second kappa shape index (κ2) is 6.73. The minimum atomic E-state index is -0.902. The van der Waals surface area contributed by atoms with Gasteiger partial charge in [0.15, 0.2) is 12.1 Å². The van der Waals surface area contributed by atoms with E-state index in [1.807, 2.05) is 0 Å². The first-order valence-electron chi connectivity index (χ1n) is 7.96. The molecule has 3 aromatic heterocycles. The highest BCUT2D eigenvalue weighted by atomic mass is 16.3. The van der Waals surface area contributed by atoms with Crippen LogP contribution in [0.15, 0.2) is 67.3 Å². The molecule has 0 radical (unpaired) electrons. The molecule has 3 heterocycles. The van der Waals surface area contributed by atoms with Gasteiger partial charge in [0.25, 0.3) is 0 Å². The summed E-state index contributed by atoms with van der Waals surface area (Å²) in [5, 5.41) is 22.6. The van der Waals surface area contributed by atoms with Gasteiger partial charge in [-0.2, -0.15) is 0 Å². The topological polar surface area (TPSA) is 104 Å². The molecule has 4 rings (SSSR count). The van der Waals surface area contributed by atoms with Crippen molar-refractivity contribution in [3.8, 4) is 17.1 Å². The van der Waals surface area contributed by atoms with Crippen LogP contribution in [-0.4, -0.2) is 30.1 Å². The Morgan fingerprint density at radius 1 is 0.923 bits per heavy atom. The van der Waals surface area contributed by atoms with E-state index in [0.29, 0.717) is 28.1 Å². The van der Waals surface area contributed by atoms with Crippen LogP contribution >= 0.6 is 0 Å². The number of pyridine rings is 2. The Hall–Kier alpha value is -3.58. The van der Waals surface area contributed by atoms with Gasteiger partial charge in [0.05, 0.1) is 23.6 Å². The number of fused-ring (bicyclic) bond motifs is 1. The Morgan fingerprint density at radius 3 is 2.54 bits per heavy atom. The standard InChI is InChI=1S/C19H15N5O2/c25-15-5-3-12(4-6-15)18-22-11-17-16(24-18)8-14(10-21-17)23-19(26)13-2-1-7-20-9-13/h1-11,19,23,25-26H. The van der Waals surface area contributed by atoms with Crippen LogP contribution < -0.4 is 5.32 Å². The van der Waals surface area contributed by atoms with Gasteiger partial charge >= 0.3 is 0 Å². The lowest BCUT2D eigenvalue weighted by atomic mass is 10.2. The van der Waals surface area contributed by atoms with Crippen LogP contribution in [-0.2, 0) is 0 Å². The maximum absolute atomic E-state index is 10.3. The molecule has 0 aliphatic heterocycles. The molecule has 0 saturated carbocycles. The average molecular weight is 345 g/mol. The molecule has 0 fully saturated rings. The Labute approximate surface area is 149 Å². The smallest absolute Gasteiger partial charge is 0.159 e. The summed E-state index contributed by atoms with van der Waals surface area (Å²) < 4.78 is 0. The molecule has 0 saturated heterocycles. The number of phenolic OH excluding ortho intramolecular Hbond substituents is 1. The Bertz CT molecular complexity index is 1040. The highest BCUT2D eigenvalue weighted by molar-refractivity contribution is 5.78. The number of hydrogen-bond acceptors (Lipinski definition) is 7. The predicted octanol–water partition coefficient (Wildman–Crippen LogP) is 2.90. The third-order valence-electron chi connectivity index (χ3n) is 3.86. The van der Waals surface area contributed by atoms with Crippen LogP contribution in [0.4, 0.5) is 5.69 Å². The van der Waals surface area contributed by atoms with Crippen molar-refractivity contribution in [2.45, 2.75) is 6.23 Å². The number of aromatic nitrogens is 4.